The van der Waals surface area contributed by atoms with E-state index in [0.29, 0.717) is 0 Å². The van der Waals surface area contributed by atoms with Crippen LogP contribution in [-0.2, 0) is 11.8 Å². The van der Waals surface area contributed by atoms with Gasteiger partial charge in [0.05, 0.1) is 0 Å². The van der Waals surface area contributed by atoms with Crippen LogP contribution in [0.2, 0.25) is 0 Å². The molecule has 0 atom stereocenters. The standard InChI is InChI=1S/C18H21FN2/c1-12-7-14(19)6-5-13(12)8-15-9-17-16(10-20-15)18(2,3)11-21(17)4/h5-7,9-10H,8,11H2,1-4H3. The molecule has 1 aliphatic rings. The molecule has 1 aromatic heterocycles. The number of aromatic nitrogens is 1. The average Bonchev–Trinajstić information content (AvgIpc) is 2.63. The number of hydrogen-bond donors (Lipinski definition) is 0. The van der Waals surface area contributed by atoms with E-state index >= 15 is 0 Å². The zero-order chi connectivity index (χ0) is 15.2. The summed E-state index contributed by atoms with van der Waals surface area (Å²) in [5.74, 6) is -0.181. The molecule has 0 spiro atoms. The first kappa shape index (κ1) is 14.1. The summed E-state index contributed by atoms with van der Waals surface area (Å²) in [6, 6.07) is 7.13. The van der Waals surface area contributed by atoms with Crippen molar-refractivity contribution in [1.29, 1.82) is 0 Å². The second kappa shape index (κ2) is 4.83. The summed E-state index contributed by atoms with van der Waals surface area (Å²) >= 11 is 0. The van der Waals surface area contributed by atoms with Crippen molar-refractivity contribution in [2.75, 3.05) is 18.5 Å². The van der Waals surface area contributed by atoms with Crippen LogP contribution in [0.4, 0.5) is 10.1 Å². The fourth-order valence-corrected chi connectivity index (χ4v) is 3.24. The Morgan fingerprint density at radius 3 is 2.76 bits per heavy atom. The highest BCUT2D eigenvalue weighted by Gasteiger charge is 2.33. The van der Waals surface area contributed by atoms with Crippen LogP contribution in [0.25, 0.3) is 0 Å². The van der Waals surface area contributed by atoms with E-state index in [0.717, 1.165) is 29.8 Å². The van der Waals surface area contributed by atoms with Gasteiger partial charge in [-0.1, -0.05) is 19.9 Å². The van der Waals surface area contributed by atoms with E-state index in [1.54, 1.807) is 6.07 Å². The smallest absolute Gasteiger partial charge is 0.123 e. The number of hydrogen-bond acceptors (Lipinski definition) is 2. The van der Waals surface area contributed by atoms with E-state index in [1.807, 2.05) is 19.2 Å². The lowest BCUT2D eigenvalue weighted by Gasteiger charge is -2.18. The van der Waals surface area contributed by atoms with Gasteiger partial charge in [-0.05, 0) is 36.2 Å². The minimum Gasteiger partial charge on any atom is -0.373 e. The Kier molecular flexibility index (Phi) is 3.23. The predicted molar refractivity (Wildman–Crippen MR) is 84.5 cm³/mol. The van der Waals surface area contributed by atoms with Crippen LogP contribution in [0, 0.1) is 12.7 Å². The van der Waals surface area contributed by atoms with Gasteiger partial charge in [-0.2, -0.15) is 0 Å². The van der Waals surface area contributed by atoms with Crippen molar-refractivity contribution in [3.63, 3.8) is 0 Å². The minimum atomic E-state index is -0.181. The maximum atomic E-state index is 13.2. The van der Waals surface area contributed by atoms with Gasteiger partial charge >= 0.3 is 0 Å². The van der Waals surface area contributed by atoms with Crippen LogP contribution in [-0.4, -0.2) is 18.6 Å². The van der Waals surface area contributed by atoms with E-state index in [9.17, 15) is 4.39 Å². The zero-order valence-corrected chi connectivity index (χ0v) is 13.1. The molecule has 0 amide bonds. The summed E-state index contributed by atoms with van der Waals surface area (Å²) in [5, 5.41) is 0. The molecule has 1 aromatic carbocycles. The summed E-state index contributed by atoms with van der Waals surface area (Å²) < 4.78 is 13.2. The van der Waals surface area contributed by atoms with Gasteiger partial charge in [0.25, 0.3) is 0 Å². The first-order valence-electron chi connectivity index (χ1n) is 7.32. The van der Waals surface area contributed by atoms with Crippen molar-refractivity contribution in [1.82, 2.24) is 4.98 Å². The summed E-state index contributed by atoms with van der Waals surface area (Å²) in [5.41, 5.74) is 5.87. The van der Waals surface area contributed by atoms with Gasteiger partial charge in [0.15, 0.2) is 0 Å². The van der Waals surface area contributed by atoms with Gasteiger partial charge < -0.3 is 4.90 Å². The minimum absolute atomic E-state index is 0.154. The molecular weight excluding hydrogens is 263 g/mol. The summed E-state index contributed by atoms with van der Waals surface area (Å²) in [7, 11) is 2.13. The summed E-state index contributed by atoms with van der Waals surface area (Å²) in [6.07, 6.45) is 2.75. The quantitative estimate of drug-likeness (QED) is 0.833. The third-order valence-electron chi connectivity index (χ3n) is 4.39. The molecule has 1 aliphatic heterocycles. The van der Waals surface area contributed by atoms with Crippen molar-refractivity contribution >= 4 is 5.69 Å². The van der Waals surface area contributed by atoms with E-state index in [1.165, 1.54) is 17.3 Å². The summed E-state index contributed by atoms with van der Waals surface area (Å²) in [4.78, 5) is 6.91. The highest BCUT2D eigenvalue weighted by atomic mass is 19.1. The Morgan fingerprint density at radius 1 is 1.29 bits per heavy atom. The molecule has 2 aromatic rings. The lowest BCUT2D eigenvalue weighted by atomic mass is 9.88. The lowest BCUT2D eigenvalue weighted by Crippen LogP contribution is -2.24. The predicted octanol–water partition coefficient (Wildman–Crippen LogP) is 3.85. The fourth-order valence-electron chi connectivity index (χ4n) is 3.24. The maximum absolute atomic E-state index is 13.2. The van der Waals surface area contributed by atoms with Gasteiger partial charge in [-0.25, -0.2) is 4.39 Å². The van der Waals surface area contributed by atoms with Crippen molar-refractivity contribution in [2.45, 2.75) is 32.6 Å². The van der Waals surface area contributed by atoms with E-state index in [-0.39, 0.29) is 11.2 Å². The lowest BCUT2D eigenvalue weighted by molar-refractivity contribution is 0.561. The zero-order valence-electron chi connectivity index (χ0n) is 13.1. The van der Waals surface area contributed by atoms with E-state index in [4.69, 9.17) is 0 Å². The molecule has 110 valence electrons. The number of likely N-dealkylation sites (N-methyl/N-ethyl adjacent to an activating group) is 1. The van der Waals surface area contributed by atoms with Gasteiger partial charge in [0, 0.05) is 48.6 Å². The third kappa shape index (κ3) is 2.53. The number of aryl methyl sites for hydroxylation is 1. The van der Waals surface area contributed by atoms with Crippen molar-refractivity contribution < 1.29 is 4.39 Å². The molecule has 3 rings (SSSR count). The Hall–Kier alpha value is -1.90. The van der Waals surface area contributed by atoms with Crippen LogP contribution >= 0.6 is 0 Å². The molecule has 2 nitrogen and oxygen atoms in total. The Morgan fingerprint density at radius 2 is 2.05 bits per heavy atom. The van der Waals surface area contributed by atoms with Crippen molar-refractivity contribution in [3.8, 4) is 0 Å². The molecule has 3 heteroatoms. The van der Waals surface area contributed by atoms with Crippen LogP contribution in [0.3, 0.4) is 0 Å². The Labute approximate surface area is 125 Å². The number of benzene rings is 1. The number of nitrogens with zero attached hydrogens (tertiary/aromatic N) is 2. The molecule has 0 fully saturated rings. The monoisotopic (exact) mass is 284 g/mol. The Balaban J connectivity index is 1.93. The fraction of sp³-hybridized carbons (Fsp3) is 0.389. The van der Waals surface area contributed by atoms with Crippen LogP contribution in [0.15, 0.2) is 30.5 Å². The van der Waals surface area contributed by atoms with E-state index < -0.39 is 0 Å². The normalized spacial score (nSPS) is 16.1. The van der Waals surface area contributed by atoms with E-state index in [2.05, 4.69) is 36.8 Å². The van der Waals surface area contributed by atoms with Gasteiger partial charge in [-0.3, -0.25) is 4.98 Å². The third-order valence-corrected chi connectivity index (χ3v) is 4.39. The first-order valence-corrected chi connectivity index (χ1v) is 7.32. The molecule has 0 aliphatic carbocycles. The largest absolute Gasteiger partial charge is 0.373 e. The summed E-state index contributed by atoms with van der Waals surface area (Å²) in [6.45, 7) is 7.46. The number of halogens is 1. The van der Waals surface area contributed by atoms with Crippen LogP contribution < -0.4 is 4.90 Å². The molecule has 0 saturated heterocycles. The molecule has 0 unspecified atom stereocenters. The molecule has 0 radical (unpaired) electrons. The molecule has 0 N–H and O–H groups in total. The number of pyridine rings is 1. The molecule has 0 bridgehead atoms. The Bertz CT molecular complexity index is 692. The van der Waals surface area contributed by atoms with Gasteiger partial charge in [-0.15, -0.1) is 0 Å². The molecular formula is C18H21FN2. The SMILES string of the molecule is Cc1cc(F)ccc1Cc1cc2c(cn1)C(C)(C)CN2C. The highest BCUT2D eigenvalue weighted by molar-refractivity contribution is 5.61. The molecule has 2 heterocycles. The highest BCUT2D eigenvalue weighted by Crippen LogP contribution is 2.39. The van der Waals surface area contributed by atoms with Gasteiger partial charge in [0.2, 0.25) is 0 Å². The van der Waals surface area contributed by atoms with Gasteiger partial charge in [0.1, 0.15) is 5.82 Å². The van der Waals surface area contributed by atoms with Crippen molar-refractivity contribution in [3.05, 3.63) is 58.7 Å². The second-order valence-corrected chi connectivity index (χ2v) is 6.68. The first-order chi connectivity index (χ1) is 9.87. The second-order valence-electron chi connectivity index (χ2n) is 6.68. The molecule has 0 saturated carbocycles. The number of fused-ring (bicyclic) bond motifs is 1. The molecule has 21 heavy (non-hydrogen) atoms. The topological polar surface area (TPSA) is 16.1 Å². The number of anilines is 1. The average molecular weight is 284 g/mol. The maximum Gasteiger partial charge on any atom is 0.123 e. The van der Waals surface area contributed by atoms with Crippen LogP contribution in [0.1, 0.15) is 36.2 Å². The number of rotatable bonds is 2. The van der Waals surface area contributed by atoms with Crippen molar-refractivity contribution in [2.24, 2.45) is 0 Å². The van der Waals surface area contributed by atoms with Crippen LogP contribution in [0.5, 0.6) is 0 Å².